The zero-order chi connectivity index (χ0) is 20.8. The first-order valence-corrected chi connectivity index (χ1v) is 10.00. The lowest BCUT2D eigenvalue weighted by Crippen LogP contribution is -1.98. The minimum absolute atomic E-state index is 0.0364. The number of benzene rings is 4. The lowest BCUT2D eigenvalue weighted by Gasteiger charge is -2.18. The zero-order valence-corrected chi connectivity index (χ0v) is 17.0. The van der Waals surface area contributed by atoms with Gasteiger partial charge in [-0.05, 0) is 51.1 Å². The fourth-order valence-electron chi connectivity index (χ4n) is 3.65. The number of hydrogen-bond donors (Lipinski definition) is 1. The van der Waals surface area contributed by atoms with Crippen LogP contribution in [0.25, 0.3) is 11.1 Å². The van der Waals surface area contributed by atoms with Gasteiger partial charge in [0.2, 0.25) is 0 Å². The molecule has 0 amide bonds. The van der Waals surface area contributed by atoms with Crippen LogP contribution in [0.4, 0.5) is 0 Å². The normalized spacial score (nSPS) is 11.7. The topological polar surface area (TPSA) is 29.5 Å². The Morgan fingerprint density at radius 3 is 1.37 bits per heavy atom. The summed E-state index contributed by atoms with van der Waals surface area (Å²) in [7, 11) is 1.68. The summed E-state index contributed by atoms with van der Waals surface area (Å²) in [5.74, 6) is 0.833. The predicted molar refractivity (Wildman–Crippen MR) is 123 cm³/mol. The Labute approximate surface area is 177 Å². The summed E-state index contributed by atoms with van der Waals surface area (Å²) in [6.07, 6.45) is 0. The van der Waals surface area contributed by atoms with E-state index < -0.39 is 0 Å². The van der Waals surface area contributed by atoms with Crippen molar-refractivity contribution < 1.29 is 9.84 Å². The summed E-state index contributed by atoms with van der Waals surface area (Å²) in [6.45, 7) is 0.0364. The minimum atomic E-state index is 0.0364. The molecular formula is C28H24O2. The van der Waals surface area contributed by atoms with Crippen LogP contribution in [0.1, 0.15) is 27.8 Å². The van der Waals surface area contributed by atoms with E-state index >= 15 is 0 Å². The van der Waals surface area contributed by atoms with E-state index in [1.807, 2.05) is 36.4 Å². The fourth-order valence-corrected chi connectivity index (χ4v) is 3.65. The van der Waals surface area contributed by atoms with Gasteiger partial charge < -0.3 is 9.84 Å². The van der Waals surface area contributed by atoms with E-state index in [0.29, 0.717) is 0 Å². The second-order valence-corrected chi connectivity index (χ2v) is 7.07. The van der Waals surface area contributed by atoms with Gasteiger partial charge in [-0.25, -0.2) is 0 Å². The van der Waals surface area contributed by atoms with Gasteiger partial charge in [-0.1, -0.05) is 97.1 Å². The molecule has 0 fully saturated rings. The van der Waals surface area contributed by atoms with Gasteiger partial charge in [0.1, 0.15) is 5.75 Å². The average molecular weight is 392 g/mol. The Hall–Kier alpha value is -3.62. The van der Waals surface area contributed by atoms with Crippen LogP contribution < -0.4 is 4.74 Å². The summed E-state index contributed by atoms with van der Waals surface area (Å²) in [6, 6.07) is 37.2. The third-order valence-corrected chi connectivity index (χ3v) is 5.18. The summed E-state index contributed by atoms with van der Waals surface area (Å²) in [5.41, 5.74) is 7.71. The smallest absolute Gasteiger partial charge is 0.118 e. The van der Waals surface area contributed by atoms with E-state index in [1.165, 1.54) is 0 Å². The Bertz CT molecular complexity index is 1020. The van der Waals surface area contributed by atoms with Gasteiger partial charge in [0.05, 0.1) is 13.7 Å². The molecule has 0 unspecified atom stereocenters. The van der Waals surface area contributed by atoms with Gasteiger partial charge in [0.25, 0.3) is 0 Å². The Balaban J connectivity index is 2.03. The van der Waals surface area contributed by atoms with Crippen LogP contribution in [-0.2, 0) is 6.61 Å². The van der Waals surface area contributed by atoms with E-state index in [0.717, 1.165) is 44.7 Å². The SMILES string of the molecule is COc1ccc(C(=C(c2ccccc2)c2ccc(CO)cc2)c2ccccc2)cc1. The van der Waals surface area contributed by atoms with Crippen molar-refractivity contribution in [2.45, 2.75) is 6.61 Å². The highest BCUT2D eigenvalue weighted by atomic mass is 16.5. The van der Waals surface area contributed by atoms with Crippen LogP contribution in [-0.4, -0.2) is 12.2 Å². The molecule has 0 aliphatic rings. The third-order valence-electron chi connectivity index (χ3n) is 5.18. The lowest BCUT2D eigenvalue weighted by molar-refractivity contribution is 0.282. The van der Waals surface area contributed by atoms with Crippen LogP contribution in [0, 0.1) is 0 Å². The maximum absolute atomic E-state index is 9.47. The first kappa shape index (κ1) is 19.7. The largest absolute Gasteiger partial charge is 0.497 e. The minimum Gasteiger partial charge on any atom is -0.497 e. The molecule has 0 radical (unpaired) electrons. The quantitative estimate of drug-likeness (QED) is 0.396. The van der Waals surface area contributed by atoms with Gasteiger partial charge in [-0.2, -0.15) is 0 Å². The van der Waals surface area contributed by atoms with Gasteiger partial charge in [0.15, 0.2) is 0 Å². The number of hydrogen-bond acceptors (Lipinski definition) is 2. The second kappa shape index (κ2) is 9.25. The van der Waals surface area contributed by atoms with E-state index in [9.17, 15) is 5.11 Å². The molecule has 30 heavy (non-hydrogen) atoms. The van der Waals surface area contributed by atoms with Crippen LogP contribution in [0.15, 0.2) is 109 Å². The molecule has 4 aromatic rings. The molecule has 0 saturated heterocycles. The van der Waals surface area contributed by atoms with Gasteiger partial charge in [-0.3, -0.25) is 0 Å². The Kier molecular flexibility index (Phi) is 6.07. The first-order chi connectivity index (χ1) is 14.8. The van der Waals surface area contributed by atoms with Crippen molar-refractivity contribution in [1.82, 2.24) is 0 Å². The van der Waals surface area contributed by atoms with Crippen LogP contribution in [0.5, 0.6) is 5.75 Å². The third kappa shape index (κ3) is 4.19. The Morgan fingerprint density at radius 1 is 0.567 bits per heavy atom. The molecule has 4 rings (SSSR count). The van der Waals surface area contributed by atoms with E-state index in [-0.39, 0.29) is 6.61 Å². The predicted octanol–water partition coefficient (Wildman–Crippen LogP) is 6.19. The maximum Gasteiger partial charge on any atom is 0.118 e. The van der Waals surface area contributed by atoms with Crippen LogP contribution in [0.3, 0.4) is 0 Å². The highest BCUT2D eigenvalue weighted by molar-refractivity contribution is 6.04. The van der Waals surface area contributed by atoms with Crippen molar-refractivity contribution in [2.75, 3.05) is 7.11 Å². The van der Waals surface area contributed by atoms with Gasteiger partial charge >= 0.3 is 0 Å². The number of ether oxygens (including phenoxy) is 1. The van der Waals surface area contributed by atoms with E-state index in [2.05, 4.69) is 72.8 Å². The summed E-state index contributed by atoms with van der Waals surface area (Å²) in [5, 5.41) is 9.47. The fraction of sp³-hybridized carbons (Fsp3) is 0.0714. The summed E-state index contributed by atoms with van der Waals surface area (Å²) >= 11 is 0. The van der Waals surface area contributed by atoms with Gasteiger partial charge in [-0.15, -0.1) is 0 Å². The second-order valence-electron chi connectivity index (χ2n) is 7.07. The molecule has 0 heterocycles. The molecule has 0 spiro atoms. The summed E-state index contributed by atoms with van der Waals surface area (Å²) < 4.78 is 5.37. The molecule has 2 nitrogen and oxygen atoms in total. The van der Waals surface area contributed by atoms with Crippen LogP contribution in [0.2, 0.25) is 0 Å². The average Bonchev–Trinajstić information content (AvgIpc) is 2.84. The first-order valence-electron chi connectivity index (χ1n) is 10.00. The molecule has 0 saturated carbocycles. The number of methoxy groups -OCH3 is 1. The molecular weight excluding hydrogens is 368 g/mol. The highest BCUT2D eigenvalue weighted by Crippen LogP contribution is 2.37. The standard InChI is InChI=1S/C28H24O2/c1-30-26-18-16-25(17-19-26)28(23-10-6-3-7-11-23)27(22-8-4-2-5-9-22)24-14-12-21(20-29)13-15-24/h2-19,29H,20H2,1H3. The molecule has 0 aliphatic heterocycles. The molecule has 148 valence electrons. The van der Waals surface area contributed by atoms with Crippen molar-refractivity contribution in [2.24, 2.45) is 0 Å². The molecule has 0 aliphatic carbocycles. The van der Waals surface area contributed by atoms with E-state index in [4.69, 9.17) is 4.74 Å². The molecule has 2 heteroatoms. The number of aliphatic hydroxyl groups excluding tert-OH is 1. The van der Waals surface area contributed by atoms with Crippen molar-refractivity contribution in [3.05, 3.63) is 137 Å². The van der Waals surface area contributed by atoms with Crippen molar-refractivity contribution >= 4 is 11.1 Å². The lowest BCUT2D eigenvalue weighted by atomic mass is 9.85. The molecule has 0 atom stereocenters. The molecule has 0 bridgehead atoms. The monoisotopic (exact) mass is 392 g/mol. The molecule has 0 aromatic heterocycles. The zero-order valence-electron chi connectivity index (χ0n) is 17.0. The van der Waals surface area contributed by atoms with E-state index in [1.54, 1.807) is 7.11 Å². The highest BCUT2D eigenvalue weighted by Gasteiger charge is 2.16. The maximum atomic E-state index is 9.47. The van der Waals surface area contributed by atoms with Crippen molar-refractivity contribution in [1.29, 1.82) is 0 Å². The number of rotatable bonds is 6. The van der Waals surface area contributed by atoms with Crippen LogP contribution >= 0.6 is 0 Å². The van der Waals surface area contributed by atoms with Crippen molar-refractivity contribution in [3.8, 4) is 5.75 Å². The number of aliphatic hydroxyl groups is 1. The van der Waals surface area contributed by atoms with Crippen molar-refractivity contribution in [3.63, 3.8) is 0 Å². The molecule has 4 aromatic carbocycles. The molecule has 1 N–H and O–H groups in total. The summed E-state index contributed by atoms with van der Waals surface area (Å²) in [4.78, 5) is 0. The Morgan fingerprint density at radius 2 is 0.967 bits per heavy atom. The van der Waals surface area contributed by atoms with Gasteiger partial charge in [0, 0.05) is 0 Å².